The van der Waals surface area contributed by atoms with E-state index in [9.17, 15) is 31.2 Å². The van der Waals surface area contributed by atoms with Gasteiger partial charge in [-0.2, -0.15) is 13.2 Å². The lowest BCUT2D eigenvalue weighted by molar-refractivity contribution is -0.139. The van der Waals surface area contributed by atoms with E-state index in [4.69, 9.17) is 34.8 Å². The molecule has 0 fully saturated rings. The van der Waals surface area contributed by atoms with Crippen molar-refractivity contribution < 1.29 is 31.2 Å². The van der Waals surface area contributed by atoms with Gasteiger partial charge in [0.15, 0.2) is 0 Å². The Balaban J connectivity index is 1.86. The third-order valence-electron chi connectivity index (χ3n) is 7.29. The molecule has 0 aromatic heterocycles. The van der Waals surface area contributed by atoms with Crippen molar-refractivity contribution in [1.82, 2.24) is 10.2 Å². The van der Waals surface area contributed by atoms with Crippen molar-refractivity contribution in [3.05, 3.63) is 128 Å². The third kappa shape index (κ3) is 8.78. The van der Waals surface area contributed by atoms with Crippen LogP contribution in [0, 0.1) is 6.92 Å². The summed E-state index contributed by atoms with van der Waals surface area (Å²) in [7, 11) is -3.24. The van der Waals surface area contributed by atoms with Crippen LogP contribution in [0.3, 0.4) is 0 Å². The summed E-state index contributed by atoms with van der Waals surface area (Å²) in [5, 5.41) is 2.33. The number of aryl methyl sites for hydroxylation is 1. The molecule has 0 saturated heterocycles. The molecule has 0 aliphatic heterocycles. The highest BCUT2D eigenvalue weighted by Gasteiger charge is 2.37. The number of halogens is 6. The van der Waals surface area contributed by atoms with Gasteiger partial charge in [-0.1, -0.05) is 88.9 Å². The number of benzene rings is 4. The number of likely N-dealkylation sites (N-methyl/N-ethyl adjacent to an activating group) is 1. The molecule has 2 amide bonds. The van der Waals surface area contributed by atoms with Gasteiger partial charge in [-0.3, -0.25) is 13.9 Å². The Bertz CT molecular complexity index is 1860. The van der Waals surface area contributed by atoms with E-state index in [0.717, 1.165) is 17.7 Å². The largest absolute Gasteiger partial charge is 0.417 e. The number of rotatable bonds is 11. The molecule has 47 heavy (non-hydrogen) atoms. The first-order valence-electron chi connectivity index (χ1n) is 14.1. The van der Waals surface area contributed by atoms with Gasteiger partial charge in [0.1, 0.15) is 12.6 Å². The van der Waals surface area contributed by atoms with Gasteiger partial charge in [-0.25, -0.2) is 8.42 Å². The smallest absolute Gasteiger partial charge is 0.357 e. The first-order chi connectivity index (χ1) is 22.1. The van der Waals surface area contributed by atoms with E-state index in [-0.39, 0.29) is 27.9 Å². The summed E-state index contributed by atoms with van der Waals surface area (Å²) < 4.78 is 70.4. The zero-order valence-corrected chi connectivity index (χ0v) is 28.1. The number of sulfonamides is 1. The lowest BCUT2D eigenvalue weighted by Gasteiger charge is -2.33. The molecule has 0 heterocycles. The molecule has 0 bridgehead atoms. The molecule has 4 aromatic rings. The molecule has 4 rings (SSSR count). The molecule has 0 saturated carbocycles. The fourth-order valence-electron chi connectivity index (χ4n) is 4.81. The molecule has 0 aliphatic rings. The number of amides is 2. The van der Waals surface area contributed by atoms with Gasteiger partial charge in [0.25, 0.3) is 10.0 Å². The number of hydrogen-bond acceptors (Lipinski definition) is 4. The van der Waals surface area contributed by atoms with Gasteiger partial charge in [-0.15, -0.1) is 0 Å². The van der Waals surface area contributed by atoms with Gasteiger partial charge in [-0.05, 0) is 60.5 Å². The standard InChI is InChI=1S/C33H29Cl3F3N3O4S/c1-21-8-12-25(13-9-21)47(45,46)42(24-11-15-27(34)26(18-24)33(37,38)39)20-31(43)41(19-23-10-14-28(35)29(36)16-23)30(32(44)40-2)17-22-6-4-3-5-7-22/h3-16,18,30H,17,19-20H2,1-2H3,(H,40,44)/t30-/m1/s1. The van der Waals surface area contributed by atoms with Crippen molar-refractivity contribution in [1.29, 1.82) is 0 Å². The second-order valence-corrected chi connectivity index (χ2v) is 13.7. The molecule has 7 nitrogen and oxygen atoms in total. The molecular weight excluding hydrogens is 698 g/mol. The topological polar surface area (TPSA) is 86.8 Å². The number of carbonyl (C=O) groups is 2. The van der Waals surface area contributed by atoms with Crippen LogP contribution in [0.4, 0.5) is 18.9 Å². The van der Waals surface area contributed by atoms with Crippen molar-refractivity contribution >= 4 is 62.3 Å². The second-order valence-electron chi connectivity index (χ2n) is 10.6. The highest BCUT2D eigenvalue weighted by molar-refractivity contribution is 7.92. The van der Waals surface area contributed by atoms with Gasteiger partial charge in [0, 0.05) is 20.0 Å². The second kappa shape index (κ2) is 15.0. The van der Waals surface area contributed by atoms with Crippen LogP contribution in [-0.4, -0.2) is 44.8 Å². The Hall–Kier alpha value is -3.77. The van der Waals surface area contributed by atoms with Gasteiger partial charge in [0.05, 0.1) is 31.2 Å². The Morgan fingerprint density at radius 2 is 1.47 bits per heavy atom. The molecule has 4 aromatic carbocycles. The number of nitrogens with one attached hydrogen (secondary N) is 1. The van der Waals surface area contributed by atoms with Crippen LogP contribution in [0.1, 0.15) is 22.3 Å². The van der Waals surface area contributed by atoms with Crippen molar-refractivity contribution in [2.45, 2.75) is 37.0 Å². The maximum Gasteiger partial charge on any atom is 0.417 e. The monoisotopic (exact) mass is 725 g/mol. The average molecular weight is 727 g/mol. The summed E-state index contributed by atoms with van der Waals surface area (Å²) in [6, 6.07) is 20.5. The number of carbonyl (C=O) groups excluding carboxylic acids is 2. The first kappa shape index (κ1) is 36.1. The zero-order valence-electron chi connectivity index (χ0n) is 25.1. The predicted octanol–water partition coefficient (Wildman–Crippen LogP) is 7.56. The summed E-state index contributed by atoms with van der Waals surface area (Å²) in [4.78, 5) is 28.6. The highest BCUT2D eigenvalue weighted by Crippen LogP contribution is 2.38. The Labute approximate surface area is 285 Å². The summed E-state index contributed by atoms with van der Waals surface area (Å²) in [5.74, 6) is -1.43. The van der Waals surface area contributed by atoms with Crippen LogP contribution in [-0.2, 0) is 38.8 Å². The van der Waals surface area contributed by atoms with Crippen LogP contribution in [0.25, 0.3) is 0 Å². The molecule has 14 heteroatoms. The summed E-state index contributed by atoms with van der Waals surface area (Å²) in [6.45, 7) is 0.561. The number of alkyl halides is 3. The summed E-state index contributed by atoms with van der Waals surface area (Å²) in [6.07, 6.45) is -4.88. The van der Waals surface area contributed by atoms with Crippen molar-refractivity contribution in [3.63, 3.8) is 0 Å². The lowest BCUT2D eigenvalue weighted by atomic mass is 10.0. The normalized spacial score (nSPS) is 12.3. The molecule has 0 spiro atoms. The molecule has 1 atom stereocenters. The van der Waals surface area contributed by atoms with Gasteiger partial charge in [0.2, 0.25) is 11.8 Å². The lowest BCUT2D eigenvalue weighted by Crippen LogP contribution is -2.53. The maximum atomic E-state index is 14.3. The molecule has 248 valence electrons. The third-order valence-corrected chi connectivity index (χ3v) is 10.1. The fraction of sp³-hybridized carbons (Fsp3) is 0.212. The summed E-state index contributed by atoms with van der Waals surface area (Å²) in [5.41, 5.74) is 0.163. The average Bonchev–Trinajstić information content (AvgIpc) is 3.03. The van der Waals surface area contributed by atoms with Crippen LogP contribution >= 0.6 is 34.8 Å². The van der Waals surface area contributed by atoms with Gasteiger partial charge >= 0.3 is 6.18 Å². The Morgan fingerprint density at radius 1 is 0.830 bits per heavy atom. The van der Waals surface area contributed by atoms with E-state index in [1.54, 1.807) is 43.3 Å². The van der Waals surface area contributed by atoms with Crippen LogP contribution in [0.5, 0.6) is 0 Å². The maximum absolute atomic E-state index is 14.3. The van der Waals surface area contributed by atoms with E-state index >= 15 is 0 Å². The molecule has 1 N–H and O–H groups in total. The van der Waals surface area contributed by atoms with Crippen molar-refractivity contribution in [2.75, 3.05) is 17.9 Å². The van der Waals surface area contributed by atoms with E-state index in [2.05, 4.69) is 5.32 Å². The van der Waals surface area contributed by atoms with Crippen LogP contribution in [0.2, 0.25) is 15.1 Å². The summed E-state index contributed by atoms with van der Waals surface area (Å²) >= 11 is 18.2. The van der Waals surface area contributed by atoms with Crippen LogP contribution in [0.15, 0.2) is 95.9 Å². The minimum Gasteiger partial charge on any atom is -0.357 e. The molecule has 0 aliphatic carbocycles. The quantitative estimate of drug-likeness (QED) is 0.173. The SMILES string of the molecule is CNC(=O)[C@@H](Cc1ccccc1)N(Cc1ccc(Cl)c(Cl)c1)C(=O)CN(c1ccc(Cl)c(C(F)(F)F)c1)S(=O)(=O)c1ccc(C)cc1. The highest BCUT2D eigenvalue weighted by atomic mass is 35.5. The van der Waals surface area contributed by atoms with E-state index in [1.807, 2.05) is 0 Å². The number of hydrogen-bond donors (Lipinski definition) is 1. The van der Waals surface area contributed by atoms with Crippen molar-refractivity contribution in [2.24, 2.45) is 0 Å². The fourth-order valence-corrected chi connectivity index (χ4v) is 6.76. The van der Waals surface area contributed by atoms with Crippen molar-refractivity contribution in [3.8, 4) is 0 Å². The van der Waals surface area contributed by atoms with Gasteiger partial charge < -0.3 is 10.2 Å². The molecule has 0 radical (unpaired) electrons. The van der Waals surface area contributed by atoms with E-state index < -0.39 is 56.9 Å². The van der Waals surface area contributed by atoms with E-state index in [1.165, 1.54) is 48.3 Å². The predicted molar refractivity (Wildman–Crippen MR) is 177 cm³/mol. The number of nitrogens with zero attached hydrogens (tertiary/aromatic N) is 2. The van der Waals surface area contributed by atoms with E-state index in [0.29, 0.717) is 21.5 Å². The minimum absolute atomic E-state index is 0.0391. The molecular formula is C33H29Cl3F3N3O4S. The Morgan fingerprint density at radius 3 is 2.06 bits per heavy atom. The molecule has 0 unspecified atom stereocenters. The number of anilines is 1. The Kier molecular flexibility index (Phi) is 11.5. The zero-order chi connectivity index (χ0) is 34.5. The minimum atomic E-state index is -4.92. The first-order valence-corrected chi connectivity index (χ1v) is 16.6. The van der Waals surface area contributed by atoms with Crippen LogP contribution < -0.4 is 9.62 Å².